The van der Waals surface area contributed by atoms with Gasteiger partial charge in [0.15, 0.2) is 0 Å². The topological polar surface area (TPSA) is 53.6 Å². The number of carbonyl (C=O) groups is 1. The molecule has 2 unspecified atom stereocenters. The number of hydrogen-bond acceptors (Lipinski definition) is 3. The van der Waals surface area contributed by atoms with Crippen LogP contribution in [0.4, 0.5) is 18.0 Å². The van der Waals surface area contributed by atoms with E-state index in [1.165, 1.54) is 6.07 Å². The van der Waals surface area contributed by atoms with Crippen LogP contribution >= 0.6 is 0 Å². The fraction of sp³-hybridized carbons (Fsp3) is 0.381. The molecule has 2 N–H and O–H groups in total. The molecule has 29 heavy (non-hydrogen) atoms. The minimum atomic E-state index is -4.42. The van der Waals surface area contributed by atoms with E-state index in [2.05, 4.69) is 10.6 Å². The molecule has 2 aromatic carbocycles. The van der Waals surface area contributed by atoms with Crippen molar-refractivity contribution in [2.75, 3.05) is 27.7 Å². The summed E-state index contributed by atoms with van der Waals surface area (Å²) in [5.41, 5.74) is 0.558. The molecule has 0 aliphatic rings. The smallest absolute Gasteiger partial charge is 0.416 e. The van der Waals surface area contributed by atoms with Gasteiger partial charge in [0.25, 0.3) is 0 Å². The van der Waals surface area contributed by atoms with Gasteiger partial charge in [-0.1, -0.05) is 30.3 Å². The SMILES string of the molecule is COc1ccccc1C(CNC(=O)NC(C)c1cccc(C(F)(F)F)c1)N(C)C. The van der Waals surface area contributed by atoms with Crippen LogP contribution in [-0.2, 0) is 6.18 Å². The summed E-state index contributed by atoms with van der Waals surface area (Å²) in [5, 5.41) is 5.47. The maximum absolute atomic E-state index is 12.9. The summed E-state index contributed by atoms with van der Waals surface area (Å²) in [6.45, 7) is 1.94. The van der Waals surface area contributed by atoms with Crippen molar-refractivity contribution in [3.05, 3.63) is 65.2 Å². The predicted octanol–water partition coefficient (Wildman–Crippen LogP) is 4.38. The van der Waals surface area contributed by atoms with Gasteiger partial charge in [0.05, 0.1) is 24.8 Å². The summed E-state index contributed by atoms with van der Waals surface area (Å²) in [4.78, 5) is 14.3. The van der Waals surface area contributed by atoms with Gasteiger partial charge < -0.3 is 20.3 Å². The summed E-state index contributed by atoms with van der Waals surface area (Å²) >= 11 is 0. The van der Waals surface area contributed by atoms with Gasteiger partial charge in [-0.2, -0.15) is 13.2 Å². The van der Waals surface area contributed by atoms with E-state index in [0.29, 0.717) is 17.9 Å². The first-order chi connectivity index (χ1) is 13.6. The first-order valence-corrected chi connectivity index (χ1v) is 9.14. The summed E-state index contributed by atoms with van der Waals surface area (Å²) in [5.74, 6) is 0.714. The van der Waals surface area contributed by atoms with E-state index in [9.17, 15) is 18.0 Å². The Morgan fingerprint density at radius 2 is 1.83 bits per heavy atom. The number of likely N-dealkylation sites (N-methyl/N-ethyl adjacent to an activating group) is 1. The van der Waals surface area contributed by atoms with E-state index in [-0.39, 0.29) is 6.04 Å². The second-order valence-electron chi connectivity index (χ2n) is 6.92. The molecule has 2 atom stereocenters. The molecule has 0 saturated carbocycles. The molecular weight excluding hydrogens is 383 g/mol. The normalized spacial score (nSPS) is 13.7. The average molecular weight is 409 g/mol. The minimum absolute atomic E-state index is 0.138. The number of para-hydroxylation sites is 1. The highest BCUT2D eigenvalue weighted by molar-refractivity contribution is 5.74. The van der Waals surface area contributed by atoms with E-state index in [1.54, 1.807) is 20.1 Å². The maximum Gasteiger partial charge on any atom is 0.416 e. The zero-order valence-corrected chi connectivity index (χ0v) is 16.9. The number of rotatable bonds is 7. The number of carbonyl (C=O) groups excluding carboxylic acids is 1. The highest BCUT2D eigenvalue weighted by Gasteiger charge is 2.30. The van der Waals surface area contributed by atoms with E-state index in [4.69, 9.17) is 4.74 Å². The van der Waals surface area contributed by atoms with E-state index >= 15 is 0 Å². The number of nitrogens with one attached hydrogen (secondary N) is 2. The highest BCUT2D eigenvalue weighted by atomic mass is 19.4. The van der Waals surface area contributed by atoms with Gasteiger partial charge in [-0.05, 0) is 44.8 Å². The van der Waals surface area contributed by atoms with Gasteiger partial charge in [0.1, 0.15) is 5.75 Å². The largest absolute Gasteiger partial charge is 0.496 e. The van der Waals surface area contributed by atoms with E-state index in [1.807, 2.05) is 43.3 Å². The Kier molecular flexibility index (Phi) is 7.50. The molecule has 0 saturated heterocycles. The number of amides is 2. The van der Waals surface area contributed by atoms with Crippen LogP contribution in [0, 0.1) is 0 Å². The van der Waals surface area contributed by atoms with Gasteiger partial charge in [-0.3, -0.25) is 0 Å². The highest BCUT2D eigenvalue weighted by Crippen LogP contribution is 2.31. The molecule has 2 aromatic rings. The molecule has 158 valence electrons. The second-order valence-corrected chi connectivity index (χ2v) is 6.92. The van der Waals surface area contributed by atoms with Gasteiger partial charge >= 0.3 is 12.2 Å². The number of benzene rings is 2. The van der Waals surface area contributed by atoms with Gasteiger partial charge in [-0.15, -0.1) is 0 Å². The van der Waals surface area contributed by atoms with Crippen LogP contribution in [0.1, 0.15) is 35.7 Å². The number of nitrogens with zero attached hydrogens (tertiary/aromatic N) is 1. The van der Waals surface area contributed by atoms with Gasteiger partial charge in [0, 0.05) is 12.1 Å². The molecule has 0 aliphatic heterocycles. The number of hydrogen-bond donors (Lipinski definition) is 2. The molecular formula is C21H26F3N3O2. The van der Waals surface area contributed by atoms with Crippen molar-refractivity contribution in [2.24, 2.45) is 0 Å². The van der Waals surface area contributed by atoms with Crippen LogP contribution in [0.5, 0.6) is 5.75 Å². The Morgan fingerprint density at radius 3 is 2.45 bits per heavy atom. The van der Waals surface area contributed by atoms with Gasteiger partial charge in [0.2, 0.25) is 0 Å². The number of alkyl halides is 3. The lowest BCUT2D eigenvalue weighted by Crippen LogP contribution is -2.41. The molecule has 0 radical (unpaired) electrons. The maximum atomic E-state index is 12.9. The lowest BCUT2D eigenvalue weighted by atomic mass is 10.0. The lowest BCUT2D eigenvalue weighted by molar-refractivity contribution is -0.137. The fourth-order valence-electron chi connectivity index (χ4n) is 3.02. The Hall–Kier alpha value is -2.74. The summed E-state index contributed by atoms with van der Waals surface area (Å²) in [7, 11) is 5.37. The lowest BCUT2D eigenvalue weighted by Gasteiger charge is -2.27. The molecule has 2 rings (SSSR count). The molecule has 2 amide bonds. The van der Waals surface area contributed by atoms with Crippen molar-refractivity contribution in [3.63, 3.8) is 0 Å². The first-order valence-electron chi connectivity index (χ1n) is 9.14. The third-order valence-corrected chi connectivity index (χ3v) is 4.64. The molecule has 0 heterocycles. The Labute approximate surface area is 168 Å². The number of halogens is 3. The van der Waals surface area contributed by atoms with Crippen molar-refractivity contribution in [3.8, 4) is 5.75 Å². The standard InChI is InChI=1S/C21H26F3N3O2/c1-14(15-8-7-9-16(12-15)21(22,23)24)26-20(28)25-13-18(27(2)3)17-10-5-6-11-19(17)29-4/h5-12,14,18H,13H2,1-4H3,(H2,25,26,28). The quantitative estimate of drug-likeness (QED) is 0.714. The number of methoxy groups -OCH3 is 1. The van der Waals surface area contributed by atoms with Crippen molar-refractivity contribution in [2.45, 2.75) is 25.2 Å². The molecule has 8 heteroatoms. The molecule has 0 bridgehead atoms. The molecule has 0 spiro atoms. The van der Waals surface area contributed by atoms with Crippen molar-refractivity contribution >= 4 is 6.03 Å². The third-order valence-electron chi connectivity index (χ3n) is 4.64. The zero-order valence-electron chi connectivity index (χ0n) is 16.9. The molecule has 0 aliphatic carbocycles. The van der Waals surface area contributed by atoms with Crippen LogP contribution in [0.15, 0.2) is 48.5 Å². The molecule has 5 nitrogen and oxygen atoms in total. The Bertz CT molecular complexity index is 825. The van der Waals surface area contributed by atoms with Crippen molar-refractivity contribution in [1.29, 1.82) is 0 Å². The van der Waals surface area contributed by atoms with Crippen LogP contribution in [-0.4, -0.2) is 38.7 Å². The third kappa shape index (κ3) is 6.12. The van der Waals surface area contributed by atoms with Crippen LogP contribution in [0.25, 0.3) is 0 Å². The molecule has 0 aromatic heterocycles. The number of urea groups is 1. The second kappa shape index (κ2) is 9.65. The van der Waals surface area contributed by atoms with E-state index < -0.39 is 23.8 Å². The average Bonchev–Trinajstić information content (AvgIpc) is 2.67. The van der Waals surface area contributed by atoms with Crippen LogP contribution < -0.4 is 15.4 Å². The fourth-order valence-corrected chi connectivity index (χ4v) is 3.02. The summed E-state index contributed by atoms with van der Waals surface area (Å²) < 4.78 is 44.1. The number of ether oxygens (including phenoxy) is 1. The monoisotopic (exact) mass is 409 g/mol. The molecule has 0 fully saturated rings. The van der Waals surface area contributed by atoms with Crippen LogP contribution in [0.2, 0.25) is 0 Å². The van der Waals surface area contributed by atoms with Crippen LogP contribution in [0.3, 0.4) is 0 Å². The Morgan fingerprint density at radius 1 is 1.14 bits per heavy atom. The van der Waals surface area contributed by atoms with Gasteiger partial charge in [-0.25, -0.2) is 4.79 Å². The minimum Gasteiger partial charge on any atom is -0.496 e. The Balaban J connectivity index is 2.02. The van der Waals surface area contributed by atoms with E-state index in [0.717, 1.165) is 17.7 Å². The zero-order chi connectivity index (χ0) is 21.6. The van der Waals surface area contributed by atoms with Crippen molar-refractivity contribution in [1.82, 2.24) is 15.5 Å². The first kappa shape index (κ1) is 22.5. The van der Waals surface area contributed by atoms with Crippen molar-refractivity contribution < 1.29 is 22.7 Å². The summed E-state index contributed by atoms with van der Waals surface area (Å²) in [6, 6.07) is 11.3. The predicted molar refractivity (Wildman–Crippen MR) is 106 cm³/mol. The summed E-state index contributed by atoms with van der Waals surface area (Å²) in [6.07, 6.45) is -4.42.